The van der Waals surface area contributed by atoms with Crippen molar-refractivity contribution >= 4 is 18.0 Å². The molecule has 2 aromatic carbocycles. The Kier molecular flexibility index (Phi) is 5.62. The van der Waals surface area contributed by atoms with Gasteiger partial charge >= 0.3 is 11.9 Å². The van der Waals surface area contributed by atoms with Gasteiger partial charge in [-0.05, 0) is 41.5 Å². The zero-order valence-corrected chi connectivity index (χ0v) is 13.0. The number of esters is 1. The smallest absolute Gasteiger partial charge is 0.335 e. The van der Waals surface area contributed by atoms with Gasteiger partial charge in [0.25, 0.3) is 0 Å². The number of rotatable bonds is 6. The van der Waals surface area contributed by atoms with E-state index in [0.29, 0.717) is 12.0 Å². The molecule has 0 radical (unpaired) electrons. The molecule has 25 heavy (non-hydrogen) atoms. The van der Waals surface area contributed by atoms with Crippen molar-refractivity contribution in [1.82, 2.24) is 0 Å². The Balaban J connectivity index is 1.88. The summed E-state index contributed by atoms with van der Waals surface area (Å²) in [5, 5.41) is 36.9. The average molecular weight is 344 g/mol. The number of ether oxygens (including phenoxy) is 1. The molecule has 130 valence electrons. The first-order valence-corrected chi connectivity index (χ1v) is 7.29. The monoisotopic (exact) mass is 344 g/mol. The van der Waals surface area contributed by atoms with Crippen molar-refractivity contribution < 1.29 is 34.8 Å². The van der Waals surface area contributed by atoms with Gasteiger partial charge in [0.05, 0.1) is 12.2 Å². The fourth-order valence-corrected chi connectivity index (χ4v) is 2.06. The largest absolute Gasteiger partial charge is 0.504 e. The Labute approximate surface area is 143 Å². The van der Waals surface area contributed by atoms with Gasteiger partial charge in [-0.3, -0.25) is 0 Å². The Morgan fingerprint density at radius 1 is 1.04 bits per heavy atom. The molecule has 0 saturated heterocycles. The molecule has 0 aliphatic rings. The molecule has 0 spiro atoms. The molecule has 0 aliphatic carbocycles. The highest BCUT2D eigenvalue weighted by Crippen LogP contribution is 2.35. The quantitative estimate of drug-likeness (QED) is 0.360. The van der Waals surface area contributed by atoms with Crippen LogP contribution >= 0.6 is 0 Å². The second kappa shape index (κ2) is 7.87. The maximum absolute atomic E-state index is 11.6. The fraction of sp³-hybridized carbons (Fsp3) is 0.111. The highest BCUT2D eigenvalue weighted by atomic mass is 16.5. The number of aromatic carboxylic acids is 1. The molecule has 0 aromatic heterocycles. The minimum absolute atomic E-state index is 0.0678. The van der Waals surface area contributed by atoms with E-state index in [9.17, 15) is 24.9 Å². The van der Waals surface area contributed by atoms with Crippen LogP contribution in [0.2, 0.25) is 0 Å². The number of hydrogen-bond acceptors (Lipinski definition) is 6. The topological polar surface area (TPSA) is 124 Å². The lowest BCUT2D eigenvalue weighted by Crippen LogP contribution is -2.05. The Bertz CT molecular complexity index is 801. The number of carbonyl (C=O) groups is 2. The predicted octanol–water partition coefficient (Wildman–Crippen LogP) is 2.30. The summed E-state index contributed by atoms with van der Waals surface area (Å²) in [7, 11) is 0. The summed E-state index contributed by atoms with van der Waals surface area (Å²) in [4.78, 5) is 22.5. The second-order valence-corrected chi connectivity index (χ2v) is 5.16. The first-order valence-electron chi connectivity index (χ1n) is 7.29. The summed E-state index contributed by atoms with van der Waals surface area (Å²) in [6.45, 7) is 0.0678. The molecule has 0 unspecified atom stereocenters. The fourth-order valence-electron chi connectivity index (χ4n) is 2.06. The highest BCUT2D eigenvalue weighted by molar-refractivity contribution is 5.88. The molecule has 0 fully saturated rings. The first kappa shape index (κ1) is 17.9. The van der Waals surface area contributed by atoms with Crippen LogP contribution in [0.4, 0.5) is 0 Å². The maximum atomic E-state index is 11.6. The number of hydrogen-bond donors (Lipinski definition) is 4. The van der Waals surface area contributed by atoms with Crippen LogP contribution in [0.3, 0.4) is 0 Å². The Morgan fingerprint density at radius 2 is 1.72 bits per heavy atom. The van der Waals surface area contributed by atoms with E-state index in [4.69, 9.17) is 9.84 Å². The van der Waals surface area contributed by atoms with Gasteiger partial charge in [-0.1, -0.05) is 12.1 Å². The van der Waals surface area contributed by atoms with Crippen LogP contribution in [-0.2, 0) is 16.0 Å². The second-order valence-electron chi connectivity index (χ2n) is 5.16. The third-order valence-corrected chi connectivity index (χ3v) is 3.31. The molecule has 7 nitrogen and oxygen atoms in total. The summed E-state index contributed by atoms with van der Waals surface area (Å²) in [5.41, 5.74) is 1.19. The van der Waals surface area contributed by atoms with Gasteiger partial charge in [0, 0.05) is 12.5 Å². The normalized spacial score (nSPS) is 10.7. The Morgan fingerprint density at radius 3 is 2.36 bits per heavy atom. The molecular formula is C18H16O7. The summed E-state index contributed by atoms with van der Waals surface area (Å²) in [6, 6.07) is 8.69. The van der Waals surface area contributed by atoms with Crippen molar-refractivity contribution in [2.75, 3.05) is 6.61 Å². The molecule has 0 aliphatic heterocycles. The van der Waals surface area contributed by atoms with Gasteiger partial charge in [-0.25, -0.2) is 9.59 Å². The molecule has 2 rings (SSSR count). The predicted molar refractivity (Wildman–Crippen MR) is 88.5 cm³/mol. The van der Waals surface area contributed by atoms with E-state index in [-0.39, 0.29) is 12.2 Å². The zero-order chi connectivity index (χ0) is 18.4. The van der Waals surface area contributed by atoms with Crippen LogP contribution < -0.4 is 0 Å². The summed E-state index contributed by atoms with van der Waals surface area (Å²) < 4.78 is 5.00. The summed E-state index contributed by atoms with van der Waals surface area (Å²) >= 11 is 0. The molecule has 7 heteroatoms. The number of benzene rings is 2. The average Bonchev–Trinajstić information content (AvgIpc) is 2.58. The van der Waals surface area contributed by atoms with Crippen LogP contribution in [0.5, 0.6) is 17.2 Å². The number of phenolic OH excluding ortho intramolecular Hbond substituents is 3. The van der Waals surface area contributed by atoms with Crippen molar-refractivity contribution in [3.05, 3.63) is 59.2 Å². The molecule has 0 bridgehead atoms. The molecular weight excluding hydrogens is 328 g/mol. The molecule has 0 atom stereocenters. The van der Waals surface area contributed by atoms with Crippen molar-refractivity contribution in [1.29, 1.82) is 0 Å². The molecule has 0 saturated carbocycles. The zero-order valence-electron chi connectivity index (χ0n) is 13.0. The first-order chi connectivity index (χ1) is 11.9. The number of carbonyl (C=O) groups excluding carboxylic acids is 1. The van der Waals surface area contributed by atoms with Crippen molar-refractivity contribution in [3.63, 3.8) is 0 Å². The highest BCUT2D eigenvalue weighted by Gasteiger charge is 2.07. The molecule has 0 amide bonds. The van der Waals surface area contributed by atoms with Crippen LogP contribution in [0.15, 0.2) is 42.5 Å². The van der Waals surface area contributed by atoms with E-state index < -0.39 is 29.2 Å². The summed E-state index contributed by atoms with van der Waals surface area (Å²) in [6.07, 6.45) is 2.78. The van der Waals surface area contributed by atoms with Gasteiger partial charge in [0.15, 0.2) is 17.2 Å². The van der Waals surface area contributed by atoms with Gasteiger partial charge in [-0.15, -0.1) is 0 Å². The molecule has 2 aromatic rings. The van der Waals surface area contributed by atoms with Crippen LogP contribution in [0, 0.1) is 0 Å². The lowest BCUT2D eigenvalue weighted by atomic mass is 10.1. The van der Waals surface area contributed by atoms with Gasteiger partial charge in [0.2, 0.25) is 0 Å². The Hall–Kier alpha value is -3.48. The minimum atomic E-state index is -1.03. The van der Waals surface area contributed by atoms with Crippen molar-refractivity contribution in [2.45, 2.75) is 6.42 Å². The van der Waals surface area contributed by atoms with E-state index in [0.717, 1.165) is 11.6 Å². The van der Waals surface area contributed by atoms with Crippen LogP contribution in [-0.4, -0.2) is 39.0 Å². The SMILES string of the molecule is O=C(/C=C/c1cc(O)c(O)c(O)c1)OCCc1cccc(C(=O)O)c1. The van der Waals surface area contributed by atoms with E-state index >= 15 is 0 Å². The van der Waals surface area contributed by atoms with Crippen LogP contribution in [0.1, 0.15) is 21.5 Å². The summed E-state index contributed by atoms with van der Waals surface area (Å²) in [5.74, 6) is -3.32. The lowest BCUT2D eigenvalue weighted by molar-refractivity contribution is -0.137. The maximum Gasteiger partial charge on any atom is 0.335 e. The third-order valence-electron chi connectivity index (χ3n) is 3.31. The molecule has 0 heterocycles. The van der Waals surface area contributed by atoms with E-state index in [2.05, 4.69) is 0 Å². The lowest BCUT2D eigenvalue weighted by Gasteiger charge is -2.04. The van der Waals surface area contributed by atoms with E-state index in [1.165, 1.54) is 30.3 Å². The standard InChI is InChI=1S/C18H16O7/c19-14-9-12(10-15(20)17(14)22)4-5-16(21)25-7-6-11-2-1-3-13(8-11)18(23)24/h1-5,8-10,19-20,22H,6-7H2,(H,23,24)/b5-4+. The van der Waals surface area contributed by atoms with Gasteiger partial charge in [0.1, 0.15) is 0 Å². The van der Waals surface area contributed by atoms with E-state index in [1.54, 1.807) is 12.1 Å². The van der Waals surface area contributed by atoms with Crippen molar-refractivity contribution in [2.24, 2.45) is 0 Å². The number of aromatic hydroxyl groups is 3. The number of carboxylic acid groups (broad SMARTS) is 1. The number of phenols is 3. The van der Waals surface area contributed by atoms with Gasteiger partial charge in [-0.2, -0.15) is 0 Å². The molecule has 4 N–H and O–H groups in total. The van der Waals surface area contributed by atoms with Crippen LogP contribution in [0.25, 0.3) is 6.08 Å². The van der Waals surface area contributed by atoms with Gasteiger partial charge < -0.3 is 25.2 Å². The van der Waals surface area contributed by atoms with E-state index in [1.807, 2.05) is 0 Å². The minimum Gasteiger partial charge on any atom is -0.504 e. The third kappa shape index (κ3) is 5.00. The number of carboxylic acids is 1. The van der Waals surface area contributed by atoms with Crippen molar-refractivity contribution in [3.8, 4) is 17.2 Å².